The van der Waals surface area contributed by atoms with Gasteiger partial charge in [-0.05, 0) is 50.9 Å². The highest BCUT2D eigenvalue weighted by Crippen LogP contribution is 2.26. The van der Waals surface area contributed by atoms with Gasteiger partial charge in [0.2, 0.25) is 0 Å². The van der Waals surface area contributed by atoms with Gasteiger partial charge in [0, 0.05) is 0 Å². The van der Waals surface area contributed by atoms with Gasteiger partial charge in [-0.15, -0.1) is 5.10 Å². The molecule has 1 aromatic carbocycles. The van der Waals surface area contributed by atoms with E-state index in [1.165, 1.54) is 0 Å². The molecule has 26 heavy (non-hydrogen) atoms. The van der Waals surface area contributed by atoms with E-state index in [9.17, 15) is 4.79 Å². The maximum absolute atomic E-state index is 12.7. The Kier molecular flexibility index (Phi) is 5.88. The number of benzene rings is 1. The van der Waals surface area contributed by atoms with Crippen molar-refractivity contribution in [2.24, 2.45) is 5.92 Å². The Hall–Kier alpha value is -2.41. The minimum atomic E-state index is -0.261. The van der Waals surface area contributed by atoms with E-state index in [-0.39, 0.29) is 5.91 Å². The zero-order valence-corrected chi connectivity index (χ0v) is 15.7. The minimum Gasteiger partial charge on any atom is -0.491 e. The summed E-state index contributed by atoms with van der Waals surface area (Å²) in [5.41, 5.74) is 1.81. The van der Waals surface area contributed by atoms with Crippen LogP contribution in [0.4, 0.5) is 5.69 Å². The molecule has 0 unspecified atom stereocenters. The fourth-order valence-corrected chi connectivity index (χ4v) is 3.08. The van der Waals surface area contributed by atoms with Crippen molar-refractivity contribution in [2.45, 2.75) is 39.7 Å². The van der Waals surface area contributed by atoms with Gasteiger partial charge in [0.05, 0.1) is 24.0 Å². The number of nitrogens with zero attached hydrogens (tertiary/aromatic N) is 3. The normalized spacial score (nSPS) is 15.2. The topological polar surface area (TPSA) is 81.1 Å². The smallest absolute Gasteiger partial charge is 0.278 e. The molecular weight excluding hydrogens is 330 g/mol. The Bertz CT molecular complexity index is 750. The van der Waals surface area contributed by atoms with E-state index in [1.54, 1.807) is 0 Å². The Morgan fingerprint density at radius 1 is 1.35 bits per heavy atom. The fourth-order valence-electron chi connectivity index (χ4n) is 3.08. The third-order valence-corrected chi connectivity index (χ3v) is 4.50. The third-order valence-electron chi connectivity index (χ3n) is 4.50. The maximum atomic E-state index is 12.7. The van der Waals surface area contributed by atoms with Gasteiger partial charge in [-0.25, -0.2) is 4.68 Å². The lowest BCUT2D eigenvalue weighted by Gasteiger charge is -2.23. The maximum Gasteiger partial charge on any atom is 0.278 e. The predicted octanol–water partition coefficient (Wildman–Crippen LogP) is 2.80. The van der Waals surface area contributed by atoms with Crippen LogP contribution in [-0.4, -0.2) is 40.6 Å². The second-order valence-corrected chi connectivity index (χ2v) is 7.10. The molecule has 3 rings (SSSR count). The first-order chi connectivity index (χ1) is 12.6. The molecule has 1 amide bonds. The number of carbonyl (C=O) groups is 1. The molecule has 0 saturated carbocycles. The van der Waals surface area contributed by atoms with Gasteiger partial charge in [0.1, 0.15) is 5.75 Å². The van der Waals surface area contributed by atoms with E-state index >= 15 is 0 Å². The first-order valence-corrected chi connectivity index (χ1v) is 9.22. The Labute approximate surface area is 154 Å². The van der Waals surface area contributed by atoms with Crippen LogP contribution in [0.1, 0.15) is 48.9 Å². The molecule has 0 aliphatic carbocycles. The van der Waals surface area contributed by atoms with Gasteiger partial charge in [-0.1, -0.05) is 31.2 Å². The van der Waals surface area contributed by atoms with Crippen molar-refractivity contribution < 1.29 is 9.53 Å². The van der Waals surface area contributed by atoms with Crippen molar-refractivity contribution in [3.05, 3.63) is 35.7 Å². The molecule has 0 spiro atoms. The molecule has 1 aliphatic heterocycles. The number of hydrogen-bond donors (Lipinski definition) is 2. The van der Waals surface area contributed by atoms with Gasteiger partial charge < -0.3 is 15.4 Å². The van der Waals surface area contributed by atoms with Gasteiger partial charge in [0.25, 0.3) is 5.91 Å². The number of nitrogens with one attached hydrogen (secondary N) is 2. The highest BCUT2D eigenvalue weighted by molar-refractivity contribution is 6.04. The summed E-state index contributed by atoms with van der Waals surface area (Å²) < 4.78 is 7.69. The van der Waals surface area contributed by atoms with Gasteiger partial charge in [-0.3, -0.25) is 4.79 Å². The van der Waals surface area contributed by atoms with Crippen molar-refractivity contribution in [3.63, 3.8) is 0 Å². The average Bonchev–Trinajstić information content (AvgIpc) is 3.03. The van der Waals surface area contributed by atoms with Crippen LogP contribution >= 0.6 is 0 Å². The summed E-state index contributed by atoms with van der Waals surface area (Å²) in [6, 6.07) is 7.75. The summed E-state index contributed by atoms with van der Waals surface area (Å²) in [6.45, 7) is 8.60. The van der Waals surface area contributed by atoms with E-state index in [0.717, 1.165) is 31.6 Å². The largest absolute Gasteiger partial charge is 0.491 e. The van der Waals surface area contributed by atoms with E-state index in [0.29, 0.717) is 35.7 Å². The number of anilines is 1. The molecule has 2 heterocycles. The number of rotatable bonds is 6. The van der Waals surface area contributed by atoms with E-state index in [4.69, 9.17) is 4.74 Å². The van der Waals surface area contributed by atoms with E-state index in [1.807, 2.05) is 35.9 Å². The molecule has 0 radical (unpaired) electrons. The molecule has 1 saturated heterocycles. The van der Waals surface area contributed by atoms with Gasteiger partial charge in [0.15, 0.2) is 5.69 Å². The van der Waals surface area contributed by atoms with Crippen LogP contribution < -0.4 is 15.4 Å². The van der Waals surface area contributed by atoms with Crippen molar-refractivity contribution in [1.82, 2.24) is 20.3 Å². The number of piperidine rings is 1. The molecule has 0 bridgehead atoms. The highest BCUT2D eigenvalue weighted by atomic mass is 16.5. The SMILES string of the molecule is Cc1c(C(=O)Nc2ccccc2OCC(C)C)nnn1C1CCNCC1. The van der Waals surface area contributed by atoms with Crippen LogP contribution in [0.3, 0.4) is 0 Å². The first-order valence-electron chi connectivity index (χ1n) is 9.22. The molecule has 0 atom stereocenters. The van der Waals surface area contributed by atoms with Crippen molar-refractivity contribution >= 4 is 11.6 Å². The molecule has 140 valence electrons. The van der Waals surface area contributed by atoms with Crippen molar-refractivity contribution in [1.29, 1.82) is 0 Å². The predicted molar refractivity (Wildman–Crippen MR) is 101 cm³/mol. The molecule has 1 aliphatic rings. The standard InChI is InChI=1S/C19H27N5O2/c1-13(2)12-26-17-7-5-4-6-16(17)21-19(25)18-14(3)24(23-22-18)15-8-10-20-11-9-15/h4-7,13,15,20H,8-12H2,1-3H3,(H,21,25). The van der Waals surface area contributed by atoms with Crippen LogP contribution in [0.2, 0.25) is 0 Å². The summed E-state index contributed by atoms with van der Waals surface area (Å²) in [5.74, 6) is 0.812. The molecule has 1 fully saturated rings. The summed E-state index contributed by atoms with van der Waals surface area (Å²) in [4.78, 5) is 12.7. The Morgan fingerprint density at radius 3 is 2.81 bits per heavy atom. The highest BCUT2D eigenvalue weighted by Gasteiger charge is 2.23. The lowest BCUT2D eigenvalue weighted by atomic mass is 10.1. The Balaban J connectivity index is 1.74. The Morgan fingerprint density at radius 2 is 2.08 bits per heavy atom. The van der Waals surface area contributed by atoms with E-state index < -0.39 is 0 Å². The molecular formula is C19H27N5O2. The van der Waals surface area contributed by atoms with Crippen molar-refractivity contribution in [3.8, 4) is 5.75 Å². The first kappa shape index (κ1) is 18.4. The number of carbonyl (C=O) groups excluding carboxylic acids is 1. The third kappa shape index (κ3) is 4.22. The van der Waals surface area contributed by atoms with Crippen LogP contribution in [0.25, 0.3) is 0 Å². The van der Waals surface area contributed by atoms with Crippen LogP contribution in [-0.2, 0) is 0 Å². The number of aromatic nitrogens is 3. The molecule has 1 aromatic heterocycles. The zero-order valence-electron chi connectivity index (χ0n) is 15.7. The number of hydrogen-bond acceptors (Lipinski definition) is 5. The minimum absolute atomic E-state index is 0.261. The van der Waals surface area contributed by atoms with Crippen LogP contribution in [0, 0.1) is 12.8 Å². The molecule has 7 heteroatoms. The fraction of sp³-hybridized carbons (Fsp3) is 0.526. The second-order valence-electron chi connectivity index (χ2n) is 7.10. The monoisotopic (exact) mass is 357 g/mol. The van der Waals surface area contributed by atoms with Gasteiger partial charge >= 0.3 is 0 Å². The summed E-state index contributed by atoms with van der Waals surface area (Å²) in [6.07, 6.45) is 1.99. The second kappa shape index (κ2) is 8.31. The summed E-state index contributed by atoms with van der Waals surface area (Å²) >= 11 is 0. The quantitative estimate of drug-likeness (QED) is 0.831. The number of ether oxygens (including phenoxy) is 1. The van der Waals surface area contributed by atoms with Crippen molar-refractivity contribution in [2.75, 3.05) is 25.0 Å². The molecule has 2 N–H and O–H groups in total. The van der Waals surface area contributed by atoms with E-state index in [2.05, 4.69) is 34.8 Å². The number of para-hydroxylation sites is 2. The average molecular weight is 357 g/mol. The van der Waals surface area contributed by atoms with Crippen LogP contribution in [0.15, 0.2) is 24.3 Å². The summed E-state index contributed by atoms with van der Waals surface area (Å²) in [5, 5.41) is 14.6. The zero-order chi connectivity index (χ0) is 18.5. The molecule has 7 nitrogen and oxygen atoms in total. The van der Waals surface area contributed by atoms with Gasteiger partial charge in [-0.2, -0.15) is 0 Å². The summed E-state index contributed by atoms with van der Waals surface area (Å²) in [7, 11) is 0. The number of amides is 1. The lowest BCUT2D eigenvalue weighted by molar-refractivity contribution is 0.102. The molecule has 2 aromatic rings. The van der Waals surface area contributed by atoms with Crippen LogP contribution in [0.5, 0.6) is 5.75 Å². The lowest BCUT2D eigenvalue weighted by Crippen LogP contribution is -2.30.